The molecule has 0 amide bonds. The van der Waals surface area contributed by atoms with Crippen LogP contribution in [0.3, 0.4) is 0 Å². The summed E-state index contributed by atoms with van der Waals surface area (Å²) in [5.74, 6) is 1.69. The van der Waals surface area contributed by atoms with Gasteiger partial charge in [0.2, 0.25) is 0 Å². The number of aromatic amines is 1. The number of anilines is 1. The molecule has 0 radical (unpaired) electrons. The van der Waals surface area contributed by atoms with Gasteiger partial charge in [0, 0.05) is 60.3 Å². The van der Waals surface area contributed by atoms with Crippen molar-refractivity contribution in [3.05, 3.63) is 58.0 Å². The van der Waals surface area contributed by atoms with E-state index in [9.17, 15) is 5.26 Å². The van der Waals surface area contributed by atoms with Gasteiger partial charge in [0.1, 0.15) is 23.7 Å². The fourth-order valence-corrected chi connectivity index (χ4v) is 5.88. The monoisotopic (exact) mass is 565 g/mol. The summed E-state index contributed by atoms with van der Waals surface area (Å²) in [5.41, 5.74) is 3.24. The van der Waals surface area contributed by atoms with Gasteiger partial charge in [0.25, 0.3) is 0 Å². The lowest BCUT2D eigenvalue weighted by molar-refractivity contribution is 0.216. The minimum Gasteiger partial charge on any atom is -0.493 e. The molecule has 39 heavy (non-hydrogen) atoms. The molecule has 4 aromatic rings. The van der Waals surface area contributed by atoms with Gasteiger partial charge < -0.3 is 19.7 Å². The van der Waals surface area contributed by atoms with E-state index in [1.807, 2.05) is 25.1 Å². The topological polar surface area (TPSA) is 112 Å². The molecule has 0 aliphatic carbocycles. The summed E-state index contributed by atoms with van der Waals surface area (Å²) >= 11 is 12.7. The van der Waals surface area contributed by atoms with E-state index in [1.54, 1.807) is 13.3 Å². The Balaban J connectivity index is 1.47. The number of aromatic nitrogens is 4. The first-order valence-electron chi connectivity index (χ1n) is 12.6. The zero-order valence-corrected chi connectivity index (χ0v) is 23.9. The molecule has 1 aliphatic heterocycles. The molecule has 11 heteroatoms. The highest BCUT2D eigenvalue weighted by Gasteiger charge is 2.40. The van der Waals surface area contributed by atoms with Crippen molar-refractivity contribution in [3.8, 4) is 28.8 Å². The van der Waals surface area contributed by atoms with Crippen molar-refractivity contribution < 1.29 is 9.47 Å². The number of hydrogen-bond acceptors (Lipinski definition) is 8. The number of nitriles is 1. The van der Waals surface area contributed by atoms with Crippen LogP contribution >= 0.6 is 23.2 Å². The maximum Gasteiger partial charge on any atom is 0.162 e. The van der Waals surface area contributed by atoms with Crippen LogP contribution in [0.1, 0.15) is 44.9 Å². The molecule has 4 heterocycles. The second kappa shape index (κ2) is 10.5. The van der Waals surface area contributed by atoms with E-state index in [-0.39, 0.29) is 5.54 Å². The van der Waals surface area contributed by atoms with Gasteiger partial charge >= 0.3 is 0 Å². The summed E-state index contributed by atoms with van der Waals surface area (Å²) in [4.78, 5) is 10.8. The molecule has 1 aliphatic rings. The Morgan fingerprint density at radius 2 is 1.82 bits per heavy atom. The zero-order valence-electron chi connectivity index (χ0n) is 22.3. The lowest BCUT2D eigenvalue weighted by Gasteiger charge is -2.50. The van der Waals surface area contributed by atoms with Crippen LogP contribution in [0.2, 0.25) is 10.0 Å². The van der Waals surface area contributed by atoms with Gasteiger partial charge in [-0.05, 0) is 26.0 Å². The Kier molecular flexibility index (Phi) is 7.29. The molecule has 9 nitrogen and oxygen atoms in total. The molecule has 1 fully saturated rings. The van der Waals surface area contributed by atoms with Gasteiger partial charge in [-0.3, -0.25) is 10.1 Å². The van der Waals surface area contributed by atoms with Gasteiger partial charge in [-0.2, -0.15) is 10.4 Å². The van der Waals surface area contributed by atoms with Crippen molar-refractivity contribution in [1.29, 1.82) is 5.26 Å². The standard InChI is InChI=1S/C28H29Cl2N7O2/c1-15(2)34-28(4)13-37(14-28)27-17(9-31)6-18(10-33-27)26-19-7-24(23(38-5)8-22(19)35-36-26)39-16(3)25-20(29)11-32-12-21(25)30/h6-8,10-12,15-16,34H,13-14H2,1-5H3,(H,35,36)/t16-/m0/s1. The molecule has 2 N–H and O–H groups in total. The zero-order chi connectivity index (χ0) is 27.9. The number of nitrogens with one attached hydrogen (secondary N) is 2. The number of methoxy groups -OCH3 is 1. The maximum absolute atomic E-state index is 9.94. The number of halogens is 2. The number of H-pyrrole nitrogens is 1. The smallest absolute Gasteiger partial charge is 0.162 e. The van der Waals surface area contributed by atoms with E-state index >= 15 is 0 Å². The minimum absolute atomic E-state index is 0.00302. The van der Waals surface area contributed by atoms with Gasteiger partial charge in [0.05, 0.1) is 33.8 Å². The molecule has 1 atom stereocenters. The average Bonchev–Trinajstić information content (AvgIpc) is 3.28. The second-order valence-electron chi connectivity index (χ2n) is 10.3. The summed E-state index contributed by atoms with van der Waals surface area (Å²) in [6, 6.07) is 8.19. The minimum atomic E-state index is -0.478. The van der Waals surface area contributed by atoms with Crippen molar-refractivity contribution in [2.24, 2.45) is 0 Å². The van der Waals surface area contributed by atoms with E-state index < -0.39 is 6.10 Å². The molecular formula is C28H29Cl2N7O2. The van der Waals surface area contributed by atoms with E-state index in [2.05, 4.69) is 57.2 Å². The van der Waals surface area contributed by atoms with Crippen molar-refractivity contribution in [3.63, 3.8) is 0 Å². The van der Waals surface area contributed by atoms with Crippen LogP contribution in [-0.4, -0.2) is 51.9 Å². The Hall–Kier alpha value is -3.58. The third-order valence-corrected chi connectivity index (χ3v) is 7.33. The number of pyridine rings is 2. The Labute approximate surface area is 237 Å². The second-order valence-corrected chi connectivity index (χ2v) is 11.1. The summed E-state index contributed by atoms with van der Waals surface area (Å²) in [6.45, 7) is 9.86. The quantitative estimate of drug-likeness (QED) is 0.270. The Morgan fingerprint density at radius 3 is 2.46 bits per heavy atom. The summed E-state index contributed by atoms with van der Waals surface area (Å²) < 4.78 is 11.9. The first-order chi connectivity index (χ1) is 18.6. The van der Waals surface area contributed by atoms with Gasteiger partial charge in [-0.1, -0.05) is 37.0 Å². The highest BCUT2D eigenvalue weighted by atomic mass is 35.5. The van der Waals surface area contributed by atoms with Crippen LogP contribution in [0.25, 0.3) is 22.2 Å². The molecule has 0 saturated carbocycles. The summed E-state index contributed by atoms with van der Waals surface area (Å²) in [6.07, 6.45) is 4.33. The lowest BCUT2D eigenvalue weighted by atomic mass is 9.90. The van der Waals surface area contributed by atoms with E-state index in [0.717, 1.165) is 29.6 Å². The third-order valence-electron chi connectivity index (χ3n) is 6.72. The van der Waals surface area contributed by atoms with Crippen LogP contribution < -0.4 is 19.7 Å². The van der Waals surface area contributed by atoms with Gasteiger partial charge in [-0.15, -0.1) is 0 Å². The van der Waals surface area contributed by atoms with Crippen molar-refractivity contribution in [2.75, 3.05) is 25.1 Å². The highest BCUT2D eigenvalue weighted by molar-refractivity contribution is 6.35. The van der Waals surface area contributed by atoms with Crippen LogP contribution in [-0.2, 0) is 0 Å². The normalized spacial score (nSPS) is 15.2. The lowest BCUT2D eigenvalue weighted by Crippen LogP contribution is -2.69. The van der Waals surface area contributed by atoms with E-state index in [4.69, 9.17) is 32.7 Å². The first kappa shape index (κ1) is 27.0. The third kappa shape index (κ3) is 5.20. The molecule has 0 bridgehead atoms. The molecule has 3 aromatic heterocycles. The van der Waals surface area contributed by atoms with E-state index in [0.29, 0.717) is 50.2 Å². The molecule has 0 unspecified atom stereocenters. The number of ether oxygens (including phenoxy) is 2. The molecule has 0 spiro atoms. The largest absolute Gasteiger partial charge is 0.493 e. The molecule has 5 rings (SSSR count). The summed E-state index contributed by atoms with van der Waals surface area (Å²) in [7, 11) is 1.57. The number of nitrogens with zero attached hydrogens (tertiary/aromatic N) is 5. The first-order valence-corrected chi connectivity index (χ1v) is 13.3. The fraction of sp³-hybridized carbons (Fsp3) is 0.357. The van der Waals surface area contributed by atoms with Crippen LogP contribution in [0.4, 0.5) is 5.82 Å². The van der Waals surface area contributed by atoms with Crippen molar-refractivity contribution in [1.82, 2.24) is 25.5 Å². The number of fused-ring (bicyclic) bond motifs is 1. The average molecular weight is 566 g/mol. The fourth-order valence-electron chi connectivity index (χ4n) is 5.21. The molecule has 1 aromatic carbocycles. The van der Waals surface area contributed by atoms with Gasteiger partial charge in [0.15, 0.2) is 11.5 Å². The Morgan fingerprint density at radius 1 is 1.10 bits per heavy atom. The van der Waals surface area contributed by atoms with Gasteiger partial charge in [-0.25, -0.2) is 4.98 Å². The number of rotatable bonds is 8. The predicted molar refractivity (Wildman–Crippen MR) is 153 cm³/mol. The summed E-state index contributed by atoms with van der Waals surface area (Å²) in [5, 5.41) is 22.7. The highest BCUT2D eigenvalue weighted by Crippen LogP contribution is 2.40. The van der Waals surface area contributed by atoms with Crippen LogP contribution in [0.15, 0.2) is 36.8 Å². The van der Waals surface area contributed by atoms with Crippen molar-refractivity contribution >= 4 is 39.9 Å². The molecule has 1 saturated heterocycles. The number of benzene rings is 1. The van der Waals surface area contributed by atoms with Crippen molar-refractivity contribution in [2.45, 2.75) is 45.4 Å². The molecule has 202 valence electrons. The number of hydrogen-bond donors (Lipinski definition) is 2. The molecular weight excluding hydrogens is 537 g/mol. The van der Waals surface area contributed by atoms with Crippen LogP contribution in [0.5, 0.6) is 11.5 Å². The predicted octanol–water partition coefficient (Wildman–Crippen LogP) is 5.92. The Bertz CT molecular complexity index is 1550. The van der Waals surface area contributed by atoms with Crippen LogP contribution in [0, 0.1) is 11.3 Å². The SMILES string of the molecule is COc1cc2[nH]nc(-c3cnc(N4CC(C)(NC(C)C)C4)c(C#N)c3)c2cc1O[C@@H](C)c1c(Cl)cncc1Cl. The van der Waals surface area contributed by atoms with E-state index in [1.165, 1.54) is 12.4 Å². The maximum atomic E-state index is 9.94.